The quantitative estimate of drug-likeness (QED) is 0.865. The van der Waals surface area contributed by atoms with Crippen molar-refractivity contribution in [2.45, 2.75) is 33.2 Å². The Morgan fingerprint density at radius 3 is 2.92 bits per heavy atom. The Hall–Kier alpha value is -2.56. The van der Waals surface area contributed by atoms with E-state index in [9.17, 15) is 0 Å². The van der Waals surface area contributed by atoms with Crippen LogP contribution in [0.4, 0.5) is 0 Å². The molecular weight excluding hydrogens is 298 g/mol. The highest BCUT2D eigenvalue weighted by atomic mass is 15.4. The molecule has 0 fully saturated rings. The van der Waals surface area contributed by atoms with E-state index in [0.717, 1.165) is 34.6 Å². The van der Waals surface area contributed by atoms with Gasteiger partial charge in [0.15, 0.2) is 5.84 Å². The van der Waals surface area contributed by atoms with Crippen molar-refractivity contribution in [3.63, 3.8) is 0 Å². The predicted octanol–water partition coefficient (Wildman–Crippen LogP) is 3.74. The van der Waals surface area contributed by atoms with Gasteiger partial charge in [-0.05, 0) is 50.0 Å². The summed E-state index contributed by atoms with van der Waals surface area (Å²) in [6.45, 7) is 7.08. The molecule has 0 radical (unpaired) electrons. The van der Waals surface area contributed by atoms with Crippen molar-refractivity contribution in [1.82, 2.24) is 15.0 Å². The molecule has 122 valence electrons. The van der Waals surface area contributed by atoms with Gasteiger partial charge in [0, 0.05) is 11.6 Å². The second kappa shape index (κ2) is 5.82. The first kappa shape index (κ1) is 15.0. The smallest absolute Gasteiger partial charge is 0.155 e. The summed E-state index contributed by atoms with van der Waals surface area (Å²) in [5, 5.41) is 8.51. The molecule has 2 aromatic rings. The summed E-state index contributed by atoms with van der Waals surface area (Å²) in [5.41, 5.74) is 5.20. The molecule has 2 heterocycles. The summed E-state index contributed by atoms with van der Waals surface area (Å²) in [6.07, 6.45) is 7.77. The van der Waals surface area contributed by atoms with Crippen molar-refractivity contribution in [2.24, 2.45) is 15.9 Å². The van der Waals surface area contributed by atoms with Crippen LogP contribution in [0.5, 0.6) is 0 Å². The number of nitrogens with zero attached hydrogens (tertiary/aromatic N) is 5. The fourth-order valence-corrected chi connectivity index (χ4v) is 3.15. The maximum absolute atomic E-state index is 4.76. The molecule has 0 saturated heterocycles. The zero-order chi connectivity index (χ0) is 16.7. The molecule has 0 saturated carbocycles. The van der Waals surface area contributed by atoms with Gasteiger partial charge in [-0.15, -0.1) is 5.10 Å². The second-order valence-corrected chi connectivity index (χ2v) is 6.77. The number of aromatic nitrogens is 3. The number of rotatable bonds is 3. The zero-order valence-corrected chi connectivity index (χ0v) is 14.3. The highest BCUT2D eigenvalue weighted by Gasteiger charge is 2.17. The van der Waals surface area contributed by atoms with E-state index in [1.54, 1.807) is 0 Å². The fraction of sp³-hybridized carbons (Fsp3) is 0.368. The minimum atomic E-state index is 0.293. The van der Waals surface area contributed by atoms with E-state index < -0.39 is 0 Å². The second-order valence-electron chi connectivity index (χ2n) is 6.77. The van der Waals surface area contributed by atoms with Gasteiger partial charge in [-0.3, -0.25) is 4.99 Å². The molecule has 24 heavy (non-hydrogen) atoms. The Labute approximate surface area is 141 Å². The van der Waals surface area contributed by atoms with Gasteiger partial charge in [-0.2, -0.15) is 0 Å². The highest BCUT2D eigenvalue weighted by Crippen LogP contribution is 2.22. The maximum atomic E-state index is 4.76. The van der Waals surface area contributed by atoms with Crippen LogP contribution < -0.4 is 0 Å². The van der Waals surface area contributed by atoms with Crippen molar-refractivity contribution in [3.8, 4) is 0 Å². The maximum Gasteiger partial charge on any atom is 0.155 e. The lowest BCUT2D eigenvalue weighted by Crippen LogP contribution is -2.07. The van der Waals surface area contributed by atoms with E-state index in [1.165, 1.54) is 5.57 Å². The molecule has 4 rings (SSSR count). The predicted molar refractivity (Wildman–Crippen MR) is 97.8 cm³/mol. The van der Waals surface area contributed by atoms with Crippen LogP contribution in [-0.4, -0.2) is 33.1 Å². The molecule has 1 atom stereocenters. The van der Waals surface area contributed by atoms with Gasteiger partial charge in [0.05, 0.1) is 17.8 Å². The van der Waals surface area contributed by atoms with E-state index in [2.05, 4.69) is 66.4 Å². The first-order chi connectivity index (χ1) is 11.6. The Balaban J connectivity index is 1.65. The van der Waals surface area contributed by atoms with E-state index in [4.69, 9.17) is 4.99 Å². The number of hydrogen-bond donors (Lipinski definition) is 0. The summed E-state index contributed by atoms with van der Waals surface area (Å²) in [4.78, 5) is 9.38. The van der Waals surface area contributed by atoms with E-state index in [0.29, 0.717) is 18.5 Å². The lowest BCUT2D eigenvalue weighted by Gasteiger charge is -2.11. The Kier molecular flexibility index (Phi) is 3.63. The van der Waals surface area contributed by atoms with Gasteiger partial charge < -0.3 is 0 Å². The molecule has 5 heteroatoms. The molecule has 1 unspecified atom stereocenters. The van der Waals surface area contributed by atoms with Gasteiger partial charge in [-0.25, -0.2) is 9.67 Å². The average Bonchev–Trinajstić information content (AvgIpc) is 3.21. The van der Waals surface area contributed by atoms with Gasteiger partial charge in [0.25, 0.3) is 0 Å². The number of amidine groups is 1. The normalized spacial score (nSPS) is 20.5. The van der Waals surface area contributed by atoms with Crippen LogP contribution in [0.25, 0.3) is 11.0 Å². The van der Waals surface area contributed by atoms with Crippen molar-refractivity contribution in [2.75, 3.05) is 6.54 Å². The standard InChI is InChI=1S/C19H21N5/c1-12(2)24-18-8-7-15(10-16(18)22-23-24)19-20-11-17(21-19)14-6-4-5-13(3)9-14/h4,6-10,12-13H,5,11H2,1-3H3. The van der Waals surface area contributed by atoms with Crippen LogP contribution in [0, 0.1) is 5.92 Å². The lowest BCUT2D eigenvalue weighted by atomic mass is 9.95. The number of fused-ring (bicyclic) bond motifs is 1. The Morgan fingerprint density at radius 2 is 2.12 bits per heavy atom. The number of benzene rings is 1. The van der Waals surface area contributed by atoms with Gasteiger partial charge in [-0.1, -0.05) is 30.4 Å². The van der Waals surface area contributed by atoms with Gasteiger partial charge in [0.2, 0.25) is 0 Å². The largest absolute Gasteiger partial charge is 0.260 e. The number of allylic oxidation sites excluding steroid dienone is 3. The Bertz CT molecular complexity index is 911. The molecule has 5 nitrogen and oxygen atoms in total. The average molecular weight is 319 g/mol. The van der Waals surface area contributed by atoms with Gasteiger partial charge >= 0.3 is 0 Å². The summed E-state index contributed by atoms with van der Waals surface area (Å²) in [6, 6.07) is 6.44. The van der Waals surface area contributed by atoms with Crippen LogP contribution in [-0.2, 0) is 0 Å². The molecule has 2 aliphatic rings. The molecular formula is C19H21N5. The molecule has 0 amide bonds. The molecule has 1 aromatic carbocycles. The van der Waals surface area contributed by atoms with Crippen LogP contribution in [0.2, 0.25) is 0 Å². The van der Waals surface area contributed by atoms with Crippen LogP contribution in [0.3, 0.4) is 0 Å². The highest BCUT2D eigenvalue weighted by molar-refractivity contribution is 6.18. The van der Waals surface area contributed by atoms with Crippen LogP contribution >= 0.6 is 0 Å². The summed E-state index contributed by atoms with van der Waals surface area (Å²) in [5.74, 6) is 1.36. The van der Waals surface area contributed by atoms with Crippen LogP contribution in [0.15, 0.2) is 52.0 Å². The Morgan fingerprint density at radius 1 is 1.25 bits per heavy atom. The van der Waals surface area contributed by atoms with Crippen molar-refractivity contribution in [3.05, 3.63) is 47.6 Å². The molecule has 1 aromatic heterocycles. The first-order valence-corrected chi connectivity index (χ1v) is 8.48. The van der Waals surface area contributed by atoms with Gasteiger partial charge in [0.1, 0.15) is 5.52 Å². The van der Waals surface area contributed by atoms with Crippen molar-refractivity contribution < 1.29 is 0 Å². The third-order valence-corrected chi connectivity index (χ3v) is 4.44. The first-order valence-electron chi connectivity index (χ1n) is 8.48. The SMILES string of the molecule is CC1C=C(C2=NC(c3ccc4c(c3)nnn4C(C)C)=NC2)C=CC1. The number of aliphatic imine (C=N–C) groups is 2. The topological polar surface area (TPSA) is 55.4 Å². The van der Waals surface area contributed by atoms with E-state index >= 15 is 0 Å². The molecule has 1 aliphatic carbocycles. The minimum absolute atomic E-state index is 0.293. The van der Waals surface area contributed by atoms with Crippen LogP contribution in [0.1, 0.15) is 38.8 Å². The molecule has 0 bridgehead atoms. The molecule has 1 aliphatic heterocycles. The lowest BCUT2D eigenvalue weighted by molar-refractivity contribution is 0.530. The summed E-state index contributed by atoms with van der Waals surface area (Å²) < 4.78 is 1.93. The third kappa shape index (κ3) is 2.60. The van der Waals surface area contributed by atoms with Crippen molar-refractivity contribution in [1.29, 1.82) is 0 Å². The minimum Gasteiger partial charge on any atom is -0.260 e. The van der Waals surface area contributed by atoms with Crippen molar-refractivity contribution >= 4 is 22.6 Å². The molecule has 0 N–H and O–H groups in total. The summed E-state index contributed by atoms with van der Waals surface area (Å²) >= 11 is 0. The monoisotopic (exact) mass is 319 g/mol. The van der Waals surface area contributed by atoms with E-state index in [-0.39, 0.29) is 0 Å². The fourth-order valence-electron chi connectivity index (χ4n) is 3.15. The zero-order valence-electron chi connectivity index (χ0n) is 14.3. The third-order valence-electron chi connectivity index (χ3n) is 4.44. The molecule has 0 spiro atoms. The summed E-state index contributed by atoms with van der Waals surface area (Å²) in [7, 11) is 0. The number of hydrogen-bond acceptors (Lipinski definition) is 4. The van der Waals surface area contributed by atoms with E-state index in [1.807, 2.05) is 10.7 Å².